The normalized spacial score (nSPS) is 13.2. The van der Waals surface area contributed by atoms with E-state index in [1.54, 1.807) is 42.7 Å². The van der Waals surface area contributed by atoms with Gasteiger partial charge in [0.2, 0.25) is 5.96 Å². The Balaban J connectivity index is 1.41. The fourth-order valence-corrected chi connectivity index (χ4v) is 6.70. The highest BCUT2D eigenvalue weighted by Crippen LogP contribution is 2.39. The summed E-state index contributed by atoms with van der Waals surface area (Å²) in [6, 6.07) is 34.5. The number of hydrogen-bond donors (Lipinski definition) is 1. The Morgan fingerprint density at radius 1 is 0.688 bits per heavy atom. The summed E-state index contributed by atoms with van der Waals surface area (Å²) in [6.45, 7) is 0.442. The van der Waals surface area contributed by atoms with Gasteiger partial charge in [0.05, 0.1) is 28.9 Å². The summed E-state index contributed by atoms with van der Waals surface area (Å²) in [5.74, 6) is -0.0279. The Hall–Kier alpha value is -5.79. The molecule has 8 rings (SSSR count). The maximum absolute atomic E-state index is 14.0. The first-order chi connectivity index (χ1) is 23.5. The second kappa shape index (κ2) is 12.1. The lowest BCUT2D eigenvalue weighted by Gasteiger charge is -2.13. The molecule has 3 heterocycles. The van der Waals surface area contributed by atoms with Crippen LogP contribution in [0.5, 0.6) is 0 Å². The number of amidine groups is 1. The van der Waals surface area contributed by atoms with Gasteiger partial charge < -0.3 is 10.3 Å². The minimum atomic E-state index is -0.472. The Bertz CT molecular complexity index is 2520. The van der Waals surface area contributed by atoms with Gasteiger partial charge in [-0.25, -0.2) is 18.7 Å². The van der Waals surface area contributed by atoms with Crippen molar-refractivity contribution < 1.29 is 8.78 Å². The third-order valence-electron chi connectivity index (χ3n) is 8.51. The molecule has 10 heteroatoms. The van der Waals surface area contributed by atoms with E-state index >= 15 is 0 Å². The fraction of sp³-hybridized carbons (Fsp3) is 0.0526. The molecule has 0 saturated heterocycles. The molecule has 234 valence electrons. The Morgan fingerprint density at radius 3 is 1.96 bits per heavy atom. The van der Waals surface area contributed by atoms with Crippen LogP contribution >= 0.6 is 9.24 Å². The molecule has 0 amide bonds. The van der Waals surface area contributed by atoms with Gasteiger partial charge in [-0.15, -0.1) is 9.24 Å². The first kappa shape index (κ1) is 29.6. The molecular weight excluding hydrogens is 623 g/mol. The predicted octanol–water partition coefficient (Wildman–Crippen LogP) is 8.20. The van der Waals surface area contributed by atoms with Gasteiger partial charge in [-0.05, 0) is 60.2 Å². The average molecular weight is 652 g/mol. The maximum atomic E-state index is 14.0. The molecule has 1 unspecified atom stereocenters. The van der Waals surface area contributed by atoms with Gasteiger partial charge in [-0.3, -0.25) is 9.56 Å². The van der Waals surface area contributed by atoms with Gasteiger partial charge in [0.25, 0.3) is 0 Å². The van der Waals surface area contributed by atoms with Crippen LogP contribution in [0.1, 0.15) is 22.7 Å². The van der Waals surface area contributed by atoms with Crippen LogP contribution in [0.3, 0.4) is 0 Å². The molecule has 5 aromatic carbocycles. The van der Waals surface area contributed by atoms with E-state index in [1.165, 1.54) is 24.3 Å². The third kappa shape index (κ3) is 5.18. The zero-order valence-electron chi connectivity index (χ0n) is 25.5. The van der Waals surface area contributed by atoms with E-state index in [2.05, 4.69) is 54.1 Å². The van der Waals surface area contributed by atoms with Crippen molar-refractivity contribution >= 4 is 64.6 Å². The van der Waals surface area contributed by atoms with E-state index in [-0.39, 0.29) is 17.6 Å². The number of halogens is 2. The second-order valence-electron chi connectivity index (χ2n) is 11.4. The fourth-order valence-electron chi connectivity index (χ4n) is 6.33. The Morgan fingerprint density at radius 2 is 1.27 bits per heavy atom. The number of nitrogens with two attached hydrogens (primary N) is 1. The Labute approximate surface area is 276 Å². The number of aromatic nitrogens is 4. The summed E-state index contributed by atoms with van der Waals surface area (Å²) in [5, 5.41) is 4.16. The van der Waals surface area contributed by atoms with E-state index in [0.717, 1.165) is 49.2 Å². The molecule has 2 atom stereocenters. The van der Waals surface area contributed by atoms with Gasteiger partial charge in [-0.2, -0.15) is 4.99 Å². The van der Waals surface area contributed by atoms with Crippen LogP contribution in [-0.4, -0.2) is 30.9 Å². The van der Waals surface area contributed by atoms with E-state index in [4.69, 9.17) is 15.7 Å². The predicted molar refractivity (Wildman–Crippen MR) is 192 cm³/mol. The molecule has 0 radical (unpaired) electrons. The first-order valence-electron chi connectivity index (χ1n) is 15.3. The van der Waals surface area contributed by atoms with E-state index in [1.807, 2.05) is 34.9 Å². The van der Waals surface area contributed by atoms with Gasteiger partial charge in [-0.1, -0.05) is 60.7 Å². The molecule has 0 bridgehead atoms. The average Bonchev–Trinajstić information content (AvgIpc) is 3.62. The van der Waals surface area contributed by atoms with Crippen molar-refractivity contribution in [2.75, 3.05) is 0 Å². The minimum absolute atomic E-state index is 0.181. The van der Waals surface area contributed by atoms with Crippen LogP contribution in [-0.2, 0) is 6.54 Å². The van der Waals surface area contributed by atoms with Crippen LogP contribution in [0.25, 0.3) is 43.6 Å². The number of nitrogens with zero attached hydrogens (tertiary/aromatic N) is 6. The summed E-state index contributed by atoms with van der Waals surface area (Å²) in [6.07, 6.45) is 3.49. The molecule has 48 heavy (non-hydrogen) atoms. The largest absolute Gasteiger partial charge is 0.369 e. The molecular formula is C38H28F2N7P. The number of fused-ring (bicyclic) bond motifs is 7. The highest BCUT2D eigenvalue weighted by molar-refractivity contribution is 7.17. The molecule has 0 aliphatic heterocycles. The molecule has 0 saturated carbocycles. The number of para-hydroxylation sites is 2. The summed E-state index contributed by atoms with van der Waals surface area (Å²) < 4.78 is 31.9. The molecule has 0 fully saturated rings. The minimum Gasteiger partial charge on any atom is -0.369 e. The summed E-state index contributed by atoms with van der Waals surface area (Å²) >= 11 is 0. The standard InChI is InChI=1S/C38H28F2N7P/c39-25-14-10-23(11-15-25)36(44-37(48)24-12-16-26(40)17-13-24)45-38(41)47-32-9-4-2-7-28(32)30-19-18-29-27-6-1-3-8-31(27)46(34(29)35(30)47)22-33-42-20-5-21-43-33/h1-21,37H,22,48H2,(H2,41,44,45)/t37-/m0/s1. The Kier molecular flexibility index (Phi) is 7.46. The van der Waals surface area contributed by atoms with Crippen molar-refractivity contribution in [1.82, 2.24) is 19.1 Å². The summed E-state index contributed by atoms with van der Waals surface area (Å²) in [4.78, 5) is 18.9. The van der Waals surface area contributed by atoms with Crippen LogP contribution in [0.4, 0.5) is 8.78 Å². The lowest BCUT2D eigenvalue weighted by molar-refractivity contribution is 0.627. The SMILES string of the molecule is NC(=N/C(=N\[C@@H](P)c1ccc(F)cc1)c1ccc(F)cc1)n1c2ccccc2c2ccc3c4ccccc4n(Cc4ncccn4)c3c21. The summed E-state index contributed by atoms with van der Waals surface area (Å²) in [5.41, 5.74) is 12.1. The van der Waals surface area contributed by atoms with Crippen LogP contribution in [0.15, 0.2) is 138 Å². The van der Waals surface area contributed by atoms with Crippen molar-refractivity contribution in [3.63, 3.8) is 0 Å². The highest BCUT2D eigenvalue weighted by Gasteiger charge is 2.22. The third-order valence-corrected chi connectivity index (χ3v) is 9.04. The highest BCUT2D eigenvalue weighted by atomic mass is 31.0. The zero-order chi connectivity index (χ0) is 32.8. The second-order valence-corrected chi connectivity index (χ2v) is 12.0. The smallest absolute Gasteiger partial charge is 0.207 e. The molecule has 3 aromatic heterocycles. The van der Waals surface area contributed by atoms with E-state index in [9.17, 15) is 8.78 Å². The molecule has 0 aliphatic rings. The lowest BCUT2D eigenvalue weighted by atomic mass is 10.1. The number of aliphatic imine (C=N–C) groups is 2. The number of hydrogen-bond acceptors (Lipinski definition) is 3. The van der Waals surface area contributed by atoms with E-state index in [0.29, 0.717) is 23.8 Å². The zero-order valence-corrected chi connectivity index (χ0v) is 26.7. The van der Waals surface area contributed by atoms with Crippen molar-refractivity contribution in [2.45, 2.75) is 12.3 Å². The van der Waals surface area contributed by atoms with Gasteiger partial charge in [0.15, 0.2) is 5.84 Å². The molecule has 7 nitrogen and oxygen atoms in total. The van der Waals surface area contributed by atoms with Gasteiger partial charge >= 0.3 is 0 Å². The topological polar surface area (TPSA) is 86.4 Å². The maximum Gasteiger partial charge on any atom is 0.207 e. The molecule has 2 N–H and O–H groups in total. The van der Waals surface area contributed by atoms with Gasteiger partial charge in [0.1, 0.15) is 17.5 Å². The monoisotopic (exact) mass is 651 g/mol. The molecule has 8 aromatic rings. The number of benzene rings is 5. The van der Waals surface area contributed by atoms with Crippen molar-refractivity contribution in [1.29, 1.82) is 0 Å². The molecule has 0 spiro atoms. The van der Waals surface area contributed by atoms with Gasteiger partial charge in [0, 0.05) is 45.0 Å². The quantitative estimate of drug-likeness (QED) is 0.116. The van der Waals surface area contributed by atoms with Crippen molar-refractivity contribution in [3.8, 4) is 0 Å². The summed E-state index contributed by atoms with van der Waals surface area (Å²) in [7, 11) is 2.66. The van der Waals surface area contributed by atoms with Crippen molar-refractivity contribution in [3.05, 3.63) is 156 Å². The van der Waals surface area contributed by atoms with E-state index < -0.39 is 5.78 Å². The lowest BCUT2D eigenvalue weighted by Crippen LogP contribution is -2.24. The van der Waals surface area contributed by atoms with Crippen molar-refractivity contribution in [2.24, 2.45) is 15.7 Å². The van der Waals surface area contributed by atoms with Crippen LogP contribution < -0.4 is 5.73 Å². The van der Waals surface area contributed by atoms with Crippen LogP contribution in [0.2, 0.25) is 0 Å². The molecule has 0 aliphatic carbocycles. The number of rotatable bonds is 5. The first-order valence-corrected chi connectivity index (χ1v) is 16.0. The van der Waals surface area contributed by atoms with Crippen LogP contribution in [0, 0.1) is 11.6 Å².